The Labute approximate surface area is 275 Å². The van der Waals surface area contributed by atoms with E-state index in [-0.39, 0.29) is 33.5 Å². The summed E-state index contributed by atoms with van der Waals surface area (Å²) in [6.07, 6.45) is 10.3. The second-order valence-corrected chi connectivity index (χ2v) is 12.1. The maximum absolute atomic E-state index is 12.3. The molecule has 4 aromatic rings. The van der Waals surface area contributed by atoms with Gasteiger partial charge >= 0.3 is 5.97 Å². The van der Waals surface area contributed by atoms with Crippen LogP contribution in [0.1, 0.15) is 77.9 Å². The first-order valence-electron chi connectivity index (χ1n) is 14.8. The van der Waals surface area contributed by atoms with Gasteiger partial charge in [-0.2, -0.15) is 0 Å². The number of carboxylic acids is 1. The summed E-state index contributed by atoms with van der Waals surface area (Å²) in [5.41, 5.74) is 0.626. The molecule has 0 saturated heterocycles. The summed E-state index contributed by atoms with van der Waals surface area (Å²) >= 11 is 7.21. The van der Waals surface area contributed by atoms with E-state index >= 15 is 0 Å². The quantitative estimate of drug-likeness (QED) is 0.0463. The molecule has 2 atom stereocenters. The van der Waals surface area contributed by atoms with Crippen molar-refractivity contribution < 1.29 is 38.5 Å². The Balaban J connectivity index is 1.37. The van der Waals surface area contributed by atoms with Gasteiger partial charge in [0.1, 0.15) is 28.9 Å². The fraction of sp³-hybridized carbons (Fsp3) is 0.286. The number of hydrogen-bond acceptors (Lipinski definition) is 9. The van der Waals surface area contributed by atoms with E-state index in [1.807, 2.05) is 31.2 Å². The smallest absolute Gasteiger partial charge is 0.371 e. The number of unbranched alkanes of at least 4 members (excludes halogenated alkanes) is 2. The van der Waals surface area contributed by atoms with Crippen LogP contribution in [0.4, 0.5) is 0 Å². The van der Waals surface area contributed by atoms with E-state index in [4.69, 9.17) is 25.2 Å². The van der Waals surface area contributed by atoms with Crippen LogP contribution in [0.5, 0.6) is 11.5 Å². The number of rotatable bonds is 16. The van der Waals surface area contributed by atoms with Crippen LogP contribution in [0, 0.1) is 0 Å². The molecule has 2 heterocycles. The van der Waals surface area contributed by atoms with E-state index in [0.29, 0.717) is 34.8 Å². The number of carbonyl (C=O) groups excluding carboxylic acids is 1. The first-order valence-corrected chi connectivity index (χ1v) is 16.1. The number of Topliss-reactive ketones (excluding diaryl/α,β-unsaturated/α-hetero) is 1. The van der Waals surface area contributed by atoms with Gasteiger partial charge in [0.05, 0.1) is 22.8 Å². The van der Waals surface area contributed by atoms with Crippen molar-refractivity contribution in [3.05, 3.63) is 111 Å². The highest BCUT2D eigenvalue weighted by molar-refractivity contribution is 8.00. The summed E-state index contributed by atoms with van der Waals surface area (Å²) in [5, 5.41) is 30.7. The number of allylic oxidation sites excluding steroid dienone is 3. The fourth-order valence-electron chi connectivity index (χ4n) is 4.75. The minimum atomic E-state index is -1.34. The molecular weight excluding hydrogens is 632 g/mol. The van der Waals surface area contributed by atoms with Gasteiger partial charge in [-0.3, -0.25) is 9.59 Å². The summed E-state index contributed by atoms with van der Waals surface area (Å²) in [4.78, 5) is 36.1. The van der Waals surface area contributed by atoms with Crippen molar-refractivity contribution >= 4 is 46.1 Å². The van der Waals surface area contributed by atoms with Gasteiger partial charge in [-0.1, -0.05) is 37.6 Å². The fourth-order valence-corrected chi connectivity index (χ4v) is 5.97. The Hall–Kier alpha value is -4.25. The van der Waals surface area contributed by atoms with Crippen LogP contribution < -0.4 is 10.2 Å². The number of aliphatic hydroxyl groups is 1. The number of furan rings is 1. The highest BCUT2D eigenvalue weighted by atomic mass is 35.5. The molecule has 0 spiro atoms. The lowest BCUT2D eigenvalue weighted by atomic mass is 10.0. The summed E-state index contributed by atoms with van der Waals surface area (Å²) in [6.45, 7) is 3.90. The lowest BCUT2D eigenvalue weighted by molar-refractivity contribution is 0.0662. The van der Waals surface area contributed by atoms with Crippen molar-refractivity contribution in [2.45, 2.75) is 62.2 Å². The second kappa shape index (κ2) is 16.4. The summed E-state index contributed by atoms with van der Waals surface area (Å²) in [7, 11) is 0. The molecule has 0 aliphatic carbocycles. The molecule has 11 heteroatoms. The van der Waals surface area contributed by atoms with Crippen LogP contribution in [0.15, 0.2) is 91.4 Å². The number of fused-ring (bicyclic) bond motifs is 1. The SMILES string of the molecule is CCCc1c(OCCCCC=CC=C[C@H](Sc2ccc3c(=O)cc(C(=O)O)oc3c2)[C@H](O)c2ccc(Cl)o2)ccc(C(C)=O)c1O. The maximum Gasteiger partial charge on any atom is 0.371 e. The number of aromatic hydroxyl groups is 1. The van der Waals surface area contributed by atoms with Gasteiger partial charge < -0.3 is 28.9 Å². The van der Waals surface area contributed by atoms with Crippen LogP contribution in [0.25, 0.3) is 11.0 Å². The number of carbonyl (C=O) groups is 2. The lowest BCUT2D eigenvalue weighted by Crippen LogP contribution is -2.12. The van der Waals surface area contributed by atoms with Crippen molar-refractivity contribution in [2.24, 2.45) is 0 Å². The largest absolute Gasteiger partial charge is 0.507 e. The monoisotopic (exact) mass is 666 g/mol. The van der Waals surface area contributed by atoms with Crippen molar-refractivity contribution in [1.82, 2.24) is 0 Å². The number of carboxylic acid groups (broad SMARTS) is 1. The van der Waals surface area contributed by atoms with Gasteiger partial charge in [-0.15, -0.1) is 11.8 Å². The van der Waals surface area contributed by atoms with E-state index in [9.17, 15) is 29.7 Å². The molecule has 9 nitrogen and oxygen atoms in total. The van der Waals surface area contributed by atoms with Gasteiger partial charge in [0.15, 0.2) is 16.4 Å². The topological polar surface area (TPSA) is 147 Å². The number of halogens is 1. The van der Waals surface area contributed by atoms with Crippen molar-refractivity contribution in [3.8, 4) is 11.5 Å². The molecule has 0 radical (unpaired) electrons. The van der Waals surface area contributed by atoms with Gasteiger partial charge in [0, 0.05) is 16.5 Å². The Kier molecular flexibility index (Phi) is 12.3. The lowest BCUT2D eigenvalue weighted by Gasteiger charge is -2.18. The average Bonchev–Trinajstić information content (AvgIpc) is 3.46. The van der Waals surface area contributed by atoms with Gasteiger partial charge in [0.25, 0.3) is 0 Å². The van der Waals surface area contributed by atoms with Gasteiger partial charge in [-0.05, 0) is 86.7 Å². The molecule has 3 N–H and O–H groups in total. The van der Waals surface area contributed by atoms with Crippen LogP contribution in [0.2, 0.25) is 5.22 Å². The molecule has 4 rings (SSSR count). The number of aromatic carboxylic acids is 1. The highest BCUT2D eigenvalue weighted by Gasteiger charge is 2.23. The van der Waals surface area contributed by atoms with Crippen molar-refractivity contribution in [3.63, 3.8) is 0 Å². The minimum absolute atomic E-state index is 0.00200. The van der Waals surface area contributed by atoms with Gasteiger partial charge in [0.2, 0.25) is 5.76 Å². The van der Waals surface area contributed by atoms with E-state index < -0.39 is 28.5 Å². The molecule has 0 unspecified atom stereocenters. The third-order valence-corrected chi connectivity index (χ3v) is 8.49. The first-order chi connectivity index (χ1) is 22.1. The Morgan fingerprint density at radius 1 is 1.07 bits per heavy atom. The summed E-state index contributed by atoms with van der Waals surface area (Å²) in [5.74, 6) is -1.11. The number of hydrogen-bond donors (Lipinski definition) is 3. The van der Waals surface area contributed by atoms with Crippen molar-refractivity contribution in [2.75, 3.05) is 6.61 Å². The first kappa shape index (κ1) is 34.6. The molecule has 242 valence electrons. The number of ketones is 1. The summed E-state index contributed by atoms with van der Waals surface area (Å²) < 4.78 is 16.8. The third-order valence-electron chi connectivity index (χ3n) is 7.07. The highest BCUT2D eigenvalue weighted by Crippen LogP contribution is 2.36. The molecule has 0 fully saturated rings. The molecule has 46 heavy (non-hydrogen) atoms. The number of benzene rings is 2. The van der Waals surface area contributed by atoms with Crippen LogP contribution >= 0.6 is 23.4 Å². The summed E-state index contributed by atoms with van der Waals surface area (Å²) in [6, 6.07) is 12.2. The molecule has 0 aliphatic rings. The number of aliphatic hydroxyl groups excluding tert-OH is 1. The Morgan fingerprint density at radius 3 is 2.57 bits per heavy atom. The number of ether oxygens (including phenoxy) is 1. The zero-order valence-electron chi connectivity index (χ0n) is 25.4. The standard InChI is InChI=1S/C35H35ClO9S/c1-3-10-25-27(15-14-23(21(2)37)33(25)39)43-18-9-7-5-4-6-8-11-31(34(40)28-16-17-32(36)45-28)46-22-12-13-24-26(38)20-30(35(41)42)44-29(24)19-22/h4,6,8,11-17,19-20,31,34,39-40H,3,5,7,9-10,18H2,1-2H3,(H,41,42)/t31-,34+/m0/s1. The van der Waals surface area contributed by atoms with Gasteiger partial charge in [-0.25, -0.2) is 4.79 Å². The van der Waals surface area contributed by atoms with Crippen LogP contribution in [0.3, 0.4) is 0 Å². The van der Waals surface area contributed by atoms with Crippen molar-refractivity contribution in [1.29, 1.82) is 0 Å². The zero-order chi connectivity index (χ0) is 33.2. The molecule has 0 aliphatic heterocycles. The van der Waals surface area contributed by atoms with E-state index in [0.717, 1.165) is 31.7 Å². The molecule has 0 bridgehead atoms. The molecular formula is C35H35ClO9S. The molecule has 2 aromatic carbocycles. The zero-order valence-corrected chi connectivity index (χ0v) is 27.0. The number of thioether (sulfide) groups is 1. The molecule has 2 aromatic heterocycles. The predicted molar refractivity (Wildman–Crippen MR) is 177 cm³/mol. The predicted octanol–water partition coefficient (Wildman–Crippen LogP) is 8.15. The van der Waals surface area contributed by atoms with Crippen LogP contribution in [-0.4, -0.2) is 38.9 Å². The molecule has 0 amide bonds. The van der Waals surface area contributed by atoms with E-state index in [1.54, 1.807) is 42.5 Å². The van der Waals surface area contributed by atoms with E-state index in [1.165, 1.54) is 18.7 Å². The normalized spacial score (nSPS) is 13.0. The second-order valence-electron chi connectivity index (χ2n) is 10.5. The Bertz CT molecular complexity index is 1800. The molecule has 0 saturated carbocycles. The maximum atomic E-state index is 12.3. The van der Waals surface area contributed by atoms with E-state index in [2.05, 4.69) is 0 Å². The minimum Gasteiger partial charge on any atom is -0.507 e. The average molecular weight is 667 g/mol. The van der Waals surface area contributed by atoms with Crippen LogP contribution in [-0.2, 0) is 6.42 Å². The Morgan fingerprint density at radius 2 is 1.87 bits per heavy atom. The number of phenols is 1. The third kappa shape index (κ3) is 8.93. The number of phenolic OH excluding ortho intramolecular Hbond substituents is 1.